The Labute approximate surface area is 170 Å². The third-order valence-electron chi connectivity index (χ3n) is 3.75. The molecule has 1 aromatic heterocycles. The van der Waals surface area contributed by atoms with Crippen molar-refractivity contribution in [1.82, 2.24) is 10.1 Å². The van der Waals surface area contributed by atoms with Gasteiger partial charge in [-0.15, -0.1) is 0 Å². The first-order valence-electron chi connectivity index (χ1n) is 7.89. The van der Waals surface area contributed by atoms with Crippen LogP contribution < -0.4 is 15.2 Å². The summed E-state index contributed by atoms with van der Waals surface area (Å²) < 4.78 is 20.7. The maximum Gasteiger partial charge on any atom is 0.340 e. The normalized spacial score (nSPS) is 10.6. The monoisotopic (exact) mass is 423 g/mol. The fourth-order valence-electron chi connectivity index (χ4n) is 2.36. The average molecular weight is 424 g/mol. The smallest absolute Gasteiger partial charge is 0.340 e. The lowest BCUT2D eigenvalue weighted by molar-refractivity contribution is 0.0431. The zero-order chi connectivity index (χ0) is 20.3. The van der Waals surface area contributed by atoms with Crippen molar-refractivity contribution in [3.05, 3.63) is 51.8 Å². The summed E-state index contributed by atoms with van der Waals surface area (Å²) in [5, 5.41) is 4.30. The van der Waals surface area contributed by atoms with E-state index in [9.17, 15) is 4.79 Å². The van der Waals surface area contributed by atoms with Crippen molar-refractivity contribution in [3.63, 3.8) is 0 Å². The Balaban J connectivity index is 1.73. The SMILES string of the molecule is COc1ccc(-c2noc(COC(=O)c3cc(Cl)cc(Cl)c3N)n2)cc1OC. The van der Waals surface area contributed by atoms with Gasteiger partial charge in [0.25, 0.3) is 5.89 Å². The van der Waals surface area contributed by atoms with Crippen LogP contribution in [0.4, 0.5) is 5.69 Å². The number of methoxy groups -OCH3 is 2. The first-order chi connectivity index (χ1) is 13.4. The Kier molecular flexibility index (Phi) is 5.91. The highest BCUT2D eigenvalue weighted by molar-refractivity contribution is 6.37. The molecule has 0 atom stereocenters. The fourth-order valence-corrected chi connectivity index (χ4v) is 2.86. The molecule has 8 nitrogen and oxygen atoms in total. The first kappa shape index (κ1) is 19.8. The fraction of sp³-hybridized carbons (Fsp3) is 0.167. The third-order valence-corrected chi connectivity index (χ3v) is 4.28. The number of ether oxygens (including phenoxy) is 3. The Bertz CT molecular complexity index is 1020. The molecule has 0 saturated carbocycles. The molecular formula is C18H15Cl2N3O5. The van der Waals surface area contributed by atoms with E-state index in [0.29, 0.717) is 22.9 Å². The number of hydrogen-bond acceptors (Lipinski definition) is 8. The summed E-state index contributed by atoms with van der Waals surface area (Å²) in [6, 6.07) is 7.97. The number of nitrogen functional groups attached to an aromatic ring is 1. The third kappa shape index (κ3) is 4.13. The largest absolute Gasteiger partial charge is 0.493 e. The Morgan fingerprint density at radius 2 is 1.89 bits per heavy atom. The summed E-state index contributed by atoms with van der Waals surface area (Å²) in [4.78, 5) is 16.4. The molecule has 2 N–H and O–H groups in total. The van der Waals surface area contributed by atoms with Gasteiger partial charge in [0.05, 0.1) is 30.5 Å². The van der Waals surface area contributed by atoms with Crippen molar-refractivity contribution < 1.29 is 23.5 Å². The number of benzene rings is 2. The predicted molar refractivity (Wildman–Crippen MR) is 103 cm³/mol. The lowest BCUT2D eigenvalue weighted by Crippen LogP contribution is -2.09. The van der Waals surface area contributed by atoms with Gasteiger partial charge in [0.1, 0.15) is 0 Å². The van der Waals surface area contributed by atoms with Gasteiger partial charge in [0.15, 0.2) is 18.1 Å². The highest BCUT2D eigenvalue weighted by Gasteiger charge is 2.18. The number of nitrogens with two attached hydrogens (primary N) is 1. The summed E-state index contributed by atoms with van der Waals surface area (Å²) in [6.45, 7) is -0.247. The quantitative estimate of drug-likeness (QED) is 0.467. The maximum absolute atomic E-state index is 12.2. The Hall–Kier alpha value is -2.97. The molecule has 0 bridgehead atoms. The van der Waals surface area contributed by atoms with Crippen LogP contribution in [-0.4, -0.2) is 30.3 Å². The maximum atomic E-state index is 12.2. The van der Waals surface area contributed by atoms with E-state index < -0.39 is 5.97 Å². The molecule has 10 heteroatoms. The number of hydrogen-bond donors (Lipinski definition) is 1. The van der Waals surface area contributed by atoms with Gasteiger partial charge in [0.2, 0.25) is 5.82 Å². The van der Waals surface area contributed by atoms with Crippen molar-refractivity contribution >= 4 is 34.9 Å². The van der Waals surface area contributed by atoms with Crippen LogP contribution >= 0.6 is 23.2 Å². The summed E-state index contributed by atoms with van der Waals surface area (Å²) in [7, 11) is 3.06. The number of rotatable bonds is 6. The second-order valence-corrected chi connectivity index (χ2v) is 6.35. The number of aromatic nitrogens is 2. The van der Waals surface area contributed by atoms with Crippen molar-refractivity contribution in [1.29, 1.82) is 0 Å². The molecule has 1 heterocycles. The van der Waals surface area contributed by atoms with Gasteiger partial charge >= 0.3 is 5.97 Å². The highest BCUT2D eigenvalue weighted by atomic mass is 35.5. The minimum Gasteiger partial charge on any atom is -0.493 e. The molecule has 0 fully saturated rings. The van der Waals surface area contributed by atoms with E-state index in [1.807, 2.05) is 0 Å². The molecule has 0 amide bonds. The highest BCUT2D eigenvalue weighted by Crippen LogP contribution is 2.31. The number of halogens is 2. The number of carbonyl (C=O) groups is 1. The van der Waals surface area contributed by atoms with Crippen LogP contribution in [0, 0.1) is 0 Å². The second-order valence-electron chi connectivity index (χ2n) is 5.51. The van der Waals surface area contributed by atoms with Crippen LogP contribution in [0.15, 0.2) is 34.9 Å². The Morgan fingerprint density at radius 1 is 1.14 bits per heavy atom. The van der Waals surface area contributed by atoms with E-state index in [1.165, 1.54) is 26.4 Å². The second kappa shape index (κ2) is 8.37. The summed E-state index contributed by atoms with van der Waals surface area (Å²) in [5.41, 5.74) is 6.56. The van der Waals surface area contributed by atoms with Crippen LogP contribution in [0.1, 0.15) is 16.2 Å². The predicted octanol–water partition coefficient (Wildman–Crippen LogP) is 4.00. The molecule has 3 rings (SSSR count). The zero-order valence-electron chi connectivity index (χ0n) is 14.9. The molecule has 2 aromatic carbocycles. The molecule has 3 aromatic rings. The number of nitrogens with zero attached hydrogens (tertiary/aromatic N) is 2. The molecular weight excluding hydrogens is 409 g/mol. The van der Waals surface area contributed by atoms with Gasteiger partial charge in [-0.1, -0.05) is 28.4 Å². The van der Waals surface area contributed by atoms with Gasteiger partial charge in [-0.2, -0.15) is 4.98 Å². The van der Waals surface area contributed by atoms with Crippen molar-refractivity contribution in [2.45, 2.75) is 6.61 Å². The van der Waals surface area contributed by atoms with Gasteiger partial charge in [0, 0.05) is 10.6 Å². The molecule has 0 aliphatic carbocycles. The topological polar surface area (TPSA) is 110 Å². The van der Waals surface area contributed by atoms with Crippen molar-refractivity contribution in [2.75, 3.05) is 20.0 Å². The van der Waals surface area contributed by atoms with Crippen molar-refractivity contribution in [2.24, 2.45) is 0 Å². The van der Waals surface area contributed by atoms with Crippen LogP contribution in [0.25, 0.3) is 11.4 Å². The summed E-state index contributed by atoms with van der Waals surface area (Å²) in [6.07, 6.45) is 0. The van der Waals surface area contributed by atoms with Crippen LogP contribution in [-0.2, 0) is 11.3 Å². The van der Waals surface area contributed by atoms with Crippen LogP contribution in [0.2, 0.25) is 10.0 Å². The molecule has 0 aliphatic rings. The van der Waals surface area contributed by atoms with Gasteiger partial charge < -0.3 is 24.5 Å². The minimum absolute atomic E-state index is 0.0529. The van der Waals surface area contributed by atoms with E-state index in [4.69, 9.17) is 47.7 Å². The molecule has 146 valence electrons. The molecule has 28 heavy (non-hydrogen) atoms. The van der Waals surface area contributed by atoms with E-state index in [-0.39, 0.29) is 33.8 Å². The lowest BCUT2D eigenvalue weighted by atomic mass is 10.2. The standard InChI is InChI=1S/C18H15Cl2N3O5/c1-25-13-4-3-9(5-14(13)26-2)17-22-15(28-23-17)8-27-18(24)11-6-10(19)7-12(20)16(11)21/h3-7H,8,21H2,1-2H3. The van der Waals surface area contributed by atoms with Gasteiger partial charge in [-0.3, -0.25) is 0 Å². The summed E-state index contributed by atoms with van der Waals surface area (Å²) >= 11 is 11.8. The molecule has 0 aliphatic heterocycles. The van der Waals surface area contributed by atoms with E-state index in [0.717, 1.165) is 0 Å². The molecule has 0 spiro atoms. The molecule has 0 unspecified atom stereocenters. The average Bonchev–Trinajstić information content (AvgIpc) is 3.17. The van der Waals surface area contributed by atoms with Crippen LogP contribution in [0.3, 0.4) is 0 Å². The van der Waals surface area contributed by atoms with Gasteiger partial charge in [-0.05, 0) is 30.3 Å². The molecule has 0 saturated heterocycles. The van der Waals surface area contributed by atoms with E-state index in [2.05, 4.69) is 10.1 Å². The molecule has 0 radical (unpaired) electrons. The zero-order valence-corrected chi connectivity index (χ0v) is 16.4. The number of carbonyl (C=O) groups excluding carboxylic acids is 1. The number of anilines is 1. The van der Waals surface area contributed by atoms with Crippen molar-refractivity contribution in [3.8, 4) is 22.9 Å². The lowest BCUT2D eigenvalue weighted by Gasteiger charge is -2.07. The summed E-state index contributed by atoms with van der Waals surface area (Å²) in [5.74, 6) is 0.780. The number of esters is 1. The van der Waals surface area contributed by atoms with E-state index in [1.54, 1.807) is 18.2 Å². The first-order valence-corrected chi connectivity index (χ1v) is 8.65. The Morgan fingerprint density at radius 3 is 2.61 bits per heavy atom. The van der Waals surface area contributed by atoms with Gasteiger partial charge in [-0.25, -0.2) is 4.79 Å². The minimum atomic E-state index is -0.715. The van der Waals surface area contributed by atoms with Crippen LogP contribution in [0.5, 0.6) is 11.5 Å². The van der Waals surface area contributed by atoms with E-state index >= 15 is 0 Å².